The summed E-state index contributed by atoms with van der Waals surface area (Å²) in [4.78, 5) is 18.3. The van der Waals surface area contributed by atoms with E-state index in [1.165, 1.54) is 38.1 Å². The normalized spacial score (nSPS) is 18.1. The minimum absolute atomic E-state index is 0.261. The summed E-state index contributed by atoms with van der Waals surface area (Å²) in [7, 11) is -3.70. The second-order valence-electron chi connectivity index (χ2n) is 7.79. The van der Waals surface area contributed by atoms with Crippen LogP contribution in [0.4, 0.5) is 0 Å². The molecule has 2 aromatic heterocycles. The molecule has 0 N–H and O–H groups in total. The van der Waals surface area contributed by atoms with Crippen molar-refractivity contribution in [3.05, 3.63) is 45.6 Å². The molecule has 1 fully saturated rings. The molecule has 0 spiro atoms. The Hall–Kier alpha value is -1.85. The van der Waals surface area contributed by atoms with Crippen LogP contribution >= 0.6 is 22.7 Å². The standard InChI is InChI=1S/C22H27N3O4S3/c1-4-29-11-10-24-18-13-15(2)16(3)14-19(18)31-22(24)23-21(26)17-7-5-9-25(17)32(27,28)20-8-6-12-30-20/h6,8,12-14,17H,4-5,7,9-11H2,1-3H3. The smallest absolute Gasteiger partial charge is 0.266 e. The quantitative estimate of drug-likeness (QED) is 0.470. The minimum atomic E-state index is -3.70. The zero-order valence-corrected chi connectivity index (χ0v) is 20.9. The van der Waals surface area contributed by atoms with Gasteiger partial charge >= 0.3 is 0 Å². The van der Waals surface area contributed by atoms with E-state index in [1.54, 1.807) is 17.5 Å². The fourth-order valence-electron chi connectivity index (χ4n) is 3.89. The van der Waals surface area contributed by atoms with Crippen LogP contribution in [0.25, 0.3) is 10.2 Å². The Morgan fingerprint density at radius 2 is 2.06 bits per heavy atom. The van der Waals surface area contributed by atoms with E-state index in [-0.39, 0.29) is 4.21 Å². The fourth-order valence-corrected chi connectivity index (χ4v) is 7.80. The van der Waals surface area contributed by atoms with E-state index in [2.05, 4.69) is 31.0 Å². The highest BCUT2D eigenvalue weighted by Crippen LogP contribution is 2.29. The van der Waals surface area contributed by atoms with E-state index in [4.69, 9.17) is 4.74 Å². The van der Waals surface area contributed by atoms with Gasteiger partial charge in [-0.25, -0.2) is 8.42 Å². The lowest BCUT2D eigenvalue weighted by Crippen LogP contribution is -2.40. The number of benzene rings is 1. The molecule has 0 bridgehead atoms. The molecular formula is C22H27N3O4S3. The van der Waals surface area contributed by atoms with Gasteiger partial charge in [0.2, 0.25) is 0 Å². The van der Waals surface area contributed by atoms with E-state index in [9.17, 15) is 13.2 Å². The van der Waals surface area contributed by atoms with Gasteiger partial charge in [0.1, 0.15) is 10.3 Å². The Morgan fingerprint density at radius 3 is 2.78 bits per heavy atom. The first-order valence-electron chi connectivity index (χ1n) is 10.6. The highest BCUT2D eigenvalue weighted by Gasteiger charge is 2.39. The molecular weight excluding hydrogens is 466 g/mol. The number of aromatic nitrogens is 1. The highest BCUT2D eigenvalue weighted by molar-refractivity contribution is 7.91. The lowest BCUT2D eigenvalue weighted by Gasteiger charge is -2.20. The maximum atomic E-state index is 13.2. The summed E-state index contributed by atoms with van der Waals surface area (Å²) in [6.07, 6.45) is 1.13. The van der Waals surface area contributed by atoms with Gasteiger partial charge in [0, 0.05) is 19.7 Å². The summed E-state index contributed by atoms with van der Waals surface area (Å²) in [5, 5.41) is 1.73. The molecule has 3 aromatic rings. The number of nitrogens with zero attached hydrogens (tertiary/aromatic N) is 3. The summed E-state index contributed by atoms with van der Waals surface area (Å²) >= 11 is 2.62. The molecule has 32 heavy (non-hydrogen) atoms. The van der Waals surface area contributed by atoms with Crippen LogP contribution < -0.4 is 4.80 Å². The average molecular weight is 494 g/mol. The molecule has 1 aromatic carbocycles. The molecule has 172 valence electrons. The maximum Gasteiger partial charge on any atom is 0.266 e. The predicted molar refractivity (Wildman–Crippen MR) is 128 cm³/mol. The van der Waals surface area contributed by atoms with E-state index in [0.717, 1.165) is 10.2 Å². The number of aryl methyl sites for hydroxylation is 2. The minimum Gasteiger partial charge on any atom is -0.380 e. The van der Waals surface area contributed by atoms with Crippen molar-refractivity contribution in [2.45, 2.75) is 50.4 Å². The van der Waals surface area contributed by atoms with Gasteiger partial charge in [-0.3, -0.25) is 4.79 Å². The number of hydrogen-bond acceptors (Lipinski definition) is 6. The number of ether oxygens (including phenoxy) is 1. The molecule has 0 saturated carbocycles. The molecule has 1 aliphatic rings. The molecule has 1 aliphatic heterocycles. The molecule has 1 unspecified atom stereocenters. The van der Waals surface area contributed by atoms with Crippen LogP contribution in [0.1, 0.15) is 30.9 Å². The summed E-state index contributed by atoms with van der Waals surface area (Å²) < 4.78 is 36.3. The molecule has 0 aliphatic carbocycles. The van der Waals surface area contributed by atoms with Crippen molar-refractivity contribution in [1.29, 1.82) is 0 Å². The van der Waals surface area contributed by atoms with E-state index < -0.39 is 22.0 Å². The van der Waals surface area contributed by atoms with Gasteiger partial charge in [-0.1, -0.05) is 17.4 Å². The number of amides is 1. The molecule has 1 amide bonds. The Morgan fingerprint density at radius 1 is 1.28 bits per heavy atom. The third-order valence-electron chi connectivity index (χ3n) is 5.71. The molecule has 1 atom stereocenters. The van der Waals surface area contributed by atoms with E-state index in [0.29, 0.717) is 43.9 Å². The fraction of sp³-hybridized carbons (Fsp3) is 0.455. The van der Waals surface area contributed by atoms with Crippen LogP contribution in [0, 0.1) is 13.8 Å². The number of carbonyl (C=O) groups excluding carboxylic acids is 1. The summed E-state index contributed by atoms with van der Waals surface area (Å²) in [6.45, 7) is 8.11. The van der Waals surface area contributed by atoms with Crippen molar-refractivity contribution in [2.75, 3.05) is 19.8 Å². The van der Waals surface area contributed by atoms with Gasteiger partial charge < -0.3 is 9.30 Å². The van der Waals surface area contributed by atoms with Crippen molar-refractivity contribution in [1.82, 2.24) is 8.87 Å². The van der Waals surface area contributed by atoms with Crippen LogP contribution in [0.3, 0.4) is 0 Å². The topological polar surface area (TPSA) is 81.0 Å². The average Bonchev–Trinajstić information content (AvgIpc) is 3.50. The van der Waals surface area contributed by atoms with Crippen molar-refractivity contribution < 1.29 is 17.9 Å². The SMILES string of the molecule is CCOCCn1c(=NC(=O)C2CCCN2S(=O)(=O)c2cccs2)sc2cc(C)c(C)cc21. The first-order valence-corrected chi connectivity index (χ1v) is 13.8. The number of fused-ring (bicyclic) bond motifs is 1. The predicted octanol–water partition coefficient (Wildman–Crippen LogP) is 3.70. The number of sulfonamides is 1. The van der Waals surface area contributed by atoms with Gasteiger partial charge in [0.25, 0.3) is 15.9 Å². The molecule has 7 nitrogen and oxygen atoms in total. The molecule has 0 radical (unpaired) electrons. The zero-order chi connectivity index (χ0) is 22.9. The molecule has 1 saturated heterocycles. The van der Waals surface area contributed by atoms with Crippen LogP contribution in [0.5, 0.6) is 0 Å². The first kappa shape index (κ1) is 23.3. The van der Waals surface area contributed by atoms with E-state index in [1.807, 2.05) is 11.5 Å². The van der Waals surface area contributed by atoms with Crippen LogP contribution in [0.15, 0.2) is 38.8 Å². The van der Waals surface area contributed by atoms with Crippen LogP contribution in [-0.4, -0.2) is 49.0 Å². The zero-order valence-electron chi connectivity index (χ0n) is 18.4. The summed E-state index contributed by atoms with van der Waals surface area (Å²) in [6, 6.07) is 6.74. The largest absolute Gasteiger partial charge is 0.380 e. The third-order valence-corrected chi connectivity index (χ3v) is 10.0. The van der Waals surface area contributed by atoms with Crippen molar-refractivity contribution in [3.8, 4) is 0 Å². The van der Waals surface area contributed by atoms with Crippen molar-refractivity contribution >= 4 is 48.8 Å². The molecule has 3 heterocycles. The van der Waals surface area contributed by atoms with Gasteiger partial charge in [-0.05, 0) is 68.3 Å². The Labute approximate surface area is 196 Å². The van der Waals surface area contributed by atoms with Crippen LogP contribution in [0.2, 0.25) is 0 Å². The monoisotopic (exact) mass is 493 g/mol. The molecule has 10 heteroatoms. The molecule has 4 rings (SSSR count). The lowest BCUT2D eigenvalue weighted by molar-refractivity contribution is -0.121. The first-order chi connectivity index (χ1) is 15.3. The second kappa shape index (κ2) is 9.56. The van der Waals surface area contributed by atoms with Crippen LogP contribution in [-0.2, 0) is 26.1 Å². The van der Waals surface area contributed by atoms with Crippen molar-refractivity contribution in [3.63, 3.8) is 0 Å². The Bertz CT molecular complexity index is 1290. The number of thiazole rings is 1. The summed E-state index contributed by atoms with van der Waals surface area (Å²) in [5.41, 5.74) is 3.36. The Kier molecular flexibility index (Phi) is 6.97. The number of hydrogen-bond donors (Lipinski definition) is 0. The highest BCUT2D eigenvalue weighted by atomic mass is 32.2. The second-order valence-corrected chi connectivity index (χ2v) is 11.9. The number of carbonyl (C=O) groups is 1. The third kappa shape index (κ3) is 4.47. The lowest BCUT2D eigenvalue weighted by atomic mass is 10.1. The van der Waals surface area contributed by atoms with Gasteiger partial charge in [0.15, 0.2) is 4.80 Å². The Balaban J connectivity index is 1.73. The van der Waals surface area contributed by atoms with Gasteiger partial charge in [-0.15, -0.1) is 11.3 Å². The van der Waals surface area contributed by atoms with Crippen molar-refractivity contribution in [2.24, 2.45) is 4.99 Å². The number of thiophene rings is 1. The number of rotatable bonds is 7. The van der Waals surface area contributed by atoms with E-state index >= 15 is 0 Å². The van der Waals surface area contributed by atoms with Gasteiger partial charge in [0.05, 0.1) is 16.8 Å². The maximum absolute atomic E-state index is 13.2. The summed E-state index contributed by atoms with van der Waals surface area (Å²) in [5.74, 6) is -0.409. The van der Waals surface area contributed by atoms with Gasteiger partial charge in [-0.2, -0.15) is 9.30 Å².